The highest BCUT2D eigenvalue weighted by Gasteiger charge is 2.22. The zero-order valence-electron chi connectivity index (χ0n) is 19.0. The highest BCUT2D eigenvalue weighted by molar-refractivity contribution is 5.48. The van der Waals surface area contributed by atoms with E-state index in [0.717, 1.165) is 16.7 Å². The minimum Gasteiger partial charge on any atom is -0.493 e. The number of benzene rings is 3. The Labute approximate surface area is 189 Å². The fourth-order valence-electron chi connectivity index (χ4n) is 3.86. The third-order valence-electron chi connectivity index (χ3n) is 5.51. The molecule has 3 rings (SSSR count). The molecule has 0 amide bonds. The van der Waals surface area contributed by atoms with Crippen LogP contribution in [-0.4, -0.2) is 40.2 Å². The van der Waals surface area contributed by atoms with Crippen LogP contribution >= 0.6 is 0 Å². The lowest BCUT2D eigenvalue weighted by Gasteiger charge is -2.27. The third-order valence-corrected chi connectivity index (χ3v) is 5.51. The molecule has 0 aromatic heterocycles. The largest absolute Gasteiger partial charge is 0.493 e. The molecule has 0 aliphatic rings. The molecule has 2 atom stereocenters. The van der Waals surface area contributed by atoms with E-state index in [1.54, 1.807) is 28.4 Å². The minimum absolute atomic E-state index is 0.0386. The lowest BCUT2D eigenvalue weighted by molar-refractivity contribution is 0.232. The van der Waals surface area contributed by atoms with E-state index in [-0.39, 0.29) is 18.7 Å². The number of methoxy groups -OCH3 is 4. The number of nitrogens with one attached hydrogen (secondary N) is 1. The van der Waals surface area contributed by atoms with Crippen molar-refractivity contribution < 1.29 is 24.1 Å². The van der Waals surface area contributed by atoms with Gasteiger partial charge < -0.3 is 29.4 Å². The Hall–Kier alpha value is -3.22. The van der Waals surface area contributed by atoms with Gasteiger partial charge in [0.1, 0.15) is 0 Å². The molecule has 0 aliphatic heterocycles. The summed E-state index contributed by atoms with van der Waals surface area (Å²) in [6, 6.07) is 21.2. The second kappa shape index (κ2) is 11.4. The molecular formula is C26H31NO5. The van der Waals surface area contributed by atoms with Crippen LogP contribution in [0.3, 0.4) is 0 Å². The van der Waals surface area contributed by atoms with Gasteiger partial charge in [-0.1, -0.05) is 48.5 Å². The molecule has 0 aliphatic carbocycles. The van der Waals surface area contributed by atoms with Gasteiger partial charge in [-0.3, -0.25) is 0 Å². The zero-order valence-corrected chi connectivity index (χ0v) is 19.0. The number of rotatable bonds is 11. The Morgan fingerprint density at radius 2 is 1.41 bits per heavy atom. The maximum atomic E-state index is 10.2. The van der Waals surface area contributed by atoms with E-state index < -0.39 is 0 Å². The summed E-state index contributed by atoms with van der Waals surface area (Å²) < 4.78 is 22.1. The minimum atomic E-state index is -0.245. The van der Waals surface area contributed by atoms with Gasteiger partial charge in [-0.25, -0.2) is 0 Å². The molecule has 0 saturated carbocycles. The van der Waals surface area contributed by atoms with Crippen LogP contribution in [0.1, 0.15) is 28.8 Å². The summed E-state index contributed by atoms with van der Waals surface area (Å²) in [5.74, 6) is 2.69. The number of para-hydroxylation sites is 1. The molecule has 0 heterocycles. The summed E-state index contributed by atoms with van der Waals surface area (Å²) >= 11 is 0. The molecule has 0 spiro atoms. The maximum absolute atomic E-state index is 10.2. The predicted molar refractivity (Wildman–Crippen MR) is 125 cm³/mol. The number of hydrogen-bond donors (Lipinski definition) is 2. The van der Waals surface area contributed by atoms with Gasteiger partial charge in [0.2, 0.25) is 0 Å². The van der Waals surface area contributed by atoms with Gasteiger partial charge >= 0.3 is 0 Å². The van der Waals surface area contributed by atoms with Crippen molar-refractivity contribution in [3.63, 3.8) is 0 Å². The quantitative estimate of drug-likeness (QED) is 0.465. The molecule has 0 saturated heterocycles. The topological polar surface area (TPSA) is 69.2 Å². The first kappa shape index (κ1) is 23.4. The summed E-state index contributed by atoms with van der Waals surface area (Å²) in [4.78, 5) is 0. The molecule has 0 fully saturated rings. The first-order chi connectivity index (χ1) is 15.6. The van der Waals surface area contributed by atoms with Crippen molar-refractivity contribution >= 4 is 0 Å². The molecule has 0 radical (unpaired) electrons. The van der Waals surface area contributed by atoms with Crippen LogP contribution in [0, 0.1) is 0 Å². The lowest BCUT2D eigenvalue weighted by Crippen LogP contribution is -2.30. The highest BCUT2D eigenvalue weighted by atomic mass is 16.5. The zero-order chi connectivity index (χ0) is 22.9. The van der Waals surface area contributed by atoms with Crippen molar-refractivity contribution in [1.82, 2.24) is 5.32 Å². The number of aliphatic hydroxyl groups is 1. The monoisotopic (exact) mass is 437 g/mol. The molecule has 6 nitrogen and oxygen atoms in total. The van der Waals surface area contributed by atoms with E-state index in [2.05, 4.69) is 5.32 Å². The Morgan fingerprint density at radius 3 is 2.03 bits per heavy atom. The first-order valence-corrected chi connectivity index (χ1v) is 10.5. The van der Waals surface area contributed by atoms with Crippen molar-refractivity contribution in [2.45, 2.75) is 18.5 Å². The van der Waals surface area contributed by atoms with Crippen LogP contribution in [0.2, 0.25) is 0 Å². The van der Waals surface area contributed by atoms with Crippen molar-refractivity contribution in [1.29, 1.82) is 0 Å². The van der Waals surface area contributed by atoms with Gasteiger partial charge in [0, 0.05) is 6.04 Å². The Balaban J connectivity index is 2.02. The summed E-state index contributed by atoms with van der Waals surface area (Å²) in [6.45, 7) is -0.0386. The molecule has 6 heteroatoms. The van der Waals surface area contributed by atoms with Crippen molar-refractivity contribution in [3.05, 3.63) is 83.4 Å². The molecule has 32 heavy (non-hydrogen) atoms. The fraction of sp³-hybridized carbons (Fsp3) is 0.308. The van der Waals surface area contributed by atoms with E-state index >= 15 is 0 Å². The summed E-state index contributed by atoms with van der Waals surface area (Å²) in [5.41, 5.74) is 3.00. The van der Waals surface area contributed by atoms with Gasteiger partial charge in [-0.2, -0.15) is 0 Å². The summed E-state index contributed by atoms with van der Waals surface area (Å²) in [6.07, 6.45) is 0.610. The molecular weight excluding hydrogens is 406 g/mol. The third kappa shape index (κ3) is 5.33. The number of aliphatic hydroxyl groups excluding tert-OH is 1. The van der Waals surface area contributed by atoms with Gasteiger partial charge in [0.05, 0.1) is 41.1 Å². The van der Waals surface area contributed by atoms with E-state index in [4.69, 9.17) is 18.9 Å². The Morgan fingerprint density at radius 1 is 0.688 bits per heavy atom. The molecule has 0 bridgehead atoms. The molecule has 3 aromatic rings. The molecule has 3 aromatic carbocycles. The second-order valence-corrected chi connectivity index (χ2v) is 7.34. The Bertz CT molecular complexity index is 993. The van der Waals surface area contributed by atoms with E-state index in [1.807, 2.05) is 66.7 Å². The van der Waals surface area contributed by atoms with Gasteiger partial charge in [0.15, 0.2) is 23.0 Å². The van der Waals surface area contributed by atoms with Crippen LogP contribution in [-0.2, 0) is 6.42 Å². The standard InChI is InChI=1S/C26H31NO5/c1-29-23-14-13-19(16-25(23)31-3)21(27-22(17-28)18-9-6-5-7-10-18)15-20-11-8-12-24(30-2)26(20)32-4/h5-14,16,21-22,27-28H,15,17H2,1-4H3/t21-,22+/m0/s1. The average molecular weight is 438 g/mol. The van der Waals surface area contributed by atoms with E-state index in [0.29, 0.717) is 29.4 Å². The van der Waals surface area contributed by atoms with E-state index in [1.165, 1.54) is 0 Å². The van der Waals surface area contributed by atoms with Crippen molar-refractivity contribution in [3.8, 4) is 23.0 Å². The normalized spacial score (nSPS) is 12.7. The fourth-order valence-corrected chi connectivity index (χ4v) is 3.86. The number of ether oxygens (including phenoxy) is 4. The van der Waals surface area contributed by atoms with Gasteiger partial charge in [-0.15, -0.1) is 0 Å². The van der Waals surface area contributed by atoms with Crippen LogP contribution in [0.4, 0.5) is 0 Å². The van der Waals surface area contributed by atoms with Crippen molar-refractivity contribution in [2.75, 3.05) is 35.0 Å². The Kier molecular flexibility index (Phi) is 8.36. The van der Waals surface area contributed by atoms with Gasteiger partial charge in [0.25, 0.3) is 0 Å². The lowest BCUT2D eigenvalue weighted by atomic mass is 9.95. The van der Waals surface area contributed by atoms with Crippen LogP contribution in [0.15, 0.2) is 66.7 Å². The average Bonchev–Trinajstić information content (AvgIpc) is 2.86. The number of hydrogen-bond acceptors (Lipinski definition) is 6. The molecule has 170 valence electrons. The predicted octanol–water partition coefficient (Wildman–Crippen LogP) is 4.33. The van der Waals surface area contributed by atoms with Crippen molar-refractivity contribution in [2.24, 2.45) is 0 Å². The van der Waals surface area contributed by atoms with Crippen LogP contribution < -0.4 is 24.3 Å². The SMILES string of the molecule is COc1ccc([C@H](Cc2cccc(OC)c2OC)N[C@H](CO)c2ccccc2)cc1OC. The molecule has 2 N–H and O–H groups in total. The summed E-state index contributed by atoms with van der Waals surface area (Å²) in [7, 11) is 6.50. The highest BCUT2D eigenvalue weighted by Crippen LogP contribution is 2.36. The molecule has 0 unspecified atom stereocenters. The van der Waals surface area contributed by atoms with E-state index in [9.17, 15) is 5.11 Å². The maximum Gasteiger partial charge on any atom is 0.163 e. The van der Waals surface area contributed by atoms with Crippen LogP contribution in [0.25, 0.3) is 0 Å². The van der Waals surface area contributed by atoms with Crippen LogP contribution in [0.5, 0.6) is 23.0 Å². The smallest absolute Gasteiger partial charge is 0.163 e. The van der Waals surface area contributed by atoms with Gasteiger partial charge in [-0.05, 0) is 41.3 Å². The first-order valence-electron chi connectivity index (χ1n) is 10.5. The summed E-state index contributed by atoms with van der Waals surface area (Å²) in [5, 5.41) is 13.8. The second-order valence-electron chi connectivity index (χ2n) is 7.34.